The molecule has 1 spiro atoms. The van der Waals surface area contributed by atoms with E-state index in [0.29, 0.717) is 5.41 Å². The lowest BCUT2D eigenvalue weighted by molar-refractivity contribution is -0.661. The predicted octanol–water partition coefficient (Wildman–Crippen LogP) is 6.66. The molecule has 2 aliphatic carbocycles. The van der Waals surface area contributed by atoms with Crippen molar-refractivity contribution in [1.82, 2.24) is 0 Å². The van der Waals surface area contributed by atoms with Crippen LogP contribution in [-0.4, -0.2) is 0 Å². The minimum atomic E-state index is 0.503. The molecule has 0 N–H and O–H groups in total. The highest BCUT2D eigenvalue weighted by molar-refractivity contribution is 6.10. The van der Waals surface area contributed by atoms with Gasteiger partial charge in [-0.3, -0.25) is 0 Å². The smallest absolute Gasteiger partial charge is 0.219 e. The van der Waals surface area contributed by atoms with Crippen LogP contribution < -0.4 is 4.57 Å². The molecule has 4 aromatic rings. The number of nitrogens with zero attached hydrogens (tertiary/aromatic N) is 1. The van der Waals surface area contributed by atoms with E-state index in [4.69, 9.17) is 4.42 Å². The van der Waals surface area contributed by atoms with E-state index < -0.39 is 0 Å². The lowest BCUT2D eigenvalue weighted by Gasteiger charge is -2.21. The van der Waals surface area contributed by atoms with Gasteiger partial charge in [-0.2, -0.15) is 0 Å². The highest BCUT2D eigenvalue weighted by Gasteiger charge is 2.44. The molecule has 30 heavy (non-hydrogen) atoms. The maximum atomic E-state index is 6.55. The molecule has 0 radical (unpaired) electrons. The van der Waals surface area contributed by atoms with E-state index in [9.17, 15) is 0 Å². The number of aromatic nitrogens is 1. The number of hydrogen-bond donors (Lipinski definition) is 0. The second kappa shape index (κ2) is 6.20. The number of rotatable bonds is 1. The summed E-state index contributed by atoms with van der Waals surface area (Å²) in [5.41, 5.74) is 12.4. The summed E-state index contributed by atoms with van der Waals surface area (Å²) in [4.78, 5) is 0. The second-order valence-corrected chi connectivity index (χ2v) is 10.0. The fourth-order valence-corrected chi connectivity index (χ4v) is 6.42. The average Bonchev–Trinajstić information content (AvgIpc) is 3.40. The van der Waals surface area contributed by atoms with E-state index in [2.05, 4.69) is 68.9 Å². The maximum absolute atomic E-state index is 6.55. The van der Waals surface area contributed by atoms with Gasteiger partial charge in [-0.05, 0) is 74.6 Å². The SMILES string of the molecule is Cc1ccc2c(c1)oc1c(-c3c4c(c(C)c[n+]3C)CC3(CCCC3)C4)c(C)ccc12. The van der Waals surface area contributed by atoms with E-state index in [1.807, 2.05) is 0 Å². The van der Waals surface area contributed by atoms with Crippen molar-refractivity contribution < 1.29 is 8.98 Å². The van der Waals surface area contributed by atoms with Gasteiger partial charge in [0.1, 0.15) is 18.2 Å². The van der Waals surface area contributed by atoms with Crippen molar-refractivity contribution in [2.45, 2.75) is 59.3 Å². The molecule has 0 amide bonds. The quantitative estimate of drug-likeness (QED) is 0.329. The van der Waals surface area contributed by atoms with Crippen LogP contribution in [0.15, 0.2) is 40.9 Å². The molecule has 2 aromatic carbocycles. The summed E-state index contributed by atoms with van der Waals surface area (Å²) < 4.78 is 8.91. The van der Waals surface area contributed by atoms with Gasteiger partial charge in [0.05, 0.1) is 5.56 Å². The third-order valence-electron chi connectivity index (χ3n) is 7.88. The Kier molecular flexibility index (Phi) is 3.76. The van der Waals surface area contributed by atoms with E-state index in [1.54, 1.807) is 11.1 Å². The Morgan fingerprint density at radius 2 is 1.60 bits per heavy atom. The van der Waals surface area contributed by atoms with Crippen LogP contribution in [0.4, 0.5) is 0 Å². The highest BCUT2D eigenvalue weighted by Crippen LogP contribution is 2.51. The molecule has 0 atom stereocenters. The fraction of sp³-hybridized carbons (Fsp3) is 0.393. The van der Waals surface area contributed by atoms with Gasteiger partial charge < -0.3 is 4.42 Å². The normalized spacial score (nSPS) is 17.5. The molecule has 0 bridgehead atoms. The lowest BCUT2D eigenvalue weighted by Crippen LogP contribution is -2.33. The minimum Gasteiger partial charge on any atom is -0.455 e. The Morgan fingerprint density at radius 3 is 2.40 bits per heavy atom. The van der Waals surface area contributed by atoms with Crippen molar-refractivity contribution in [2.24, 2.45) is 12.5 Å². The number of pyridine rings is 1. The number of benzene rings is 2. The van der Waals surface area contributed by atoms with Crippen molar-refractivity contribution in [1.29, 1.82) is 0 Å². The summed E-state index contributed by atoms with van der Waals surface area (Å²) in [5.74, 6) is 0. The van der Waals surface area contributed by atoms with E-state index >= 15 is 0 Å². The molecule has 6 rings (SSSR count). The van der Waals surface area contributed by atoms with Crippen molar-refractivity contribution in [3.63, 3.8) is 0 Å². The van der Waals surface area contributed by atoms with Gasteiger partial charge in [0, 0.05) is 21.9 Å². The molecule has 0 saturated heterocycles. The van der Waals surface area contributed by atoms with Crippen LogP contribution in [0.5, 0.6) is 0 Å². The maximum Gasteiger partial charge on any atom is 0.219 e. The molecular formula is C28H30NO+. The molecule has 0 unspecified atom stereocenters. The average molecular weight is 397 g/mol. The highest BCUT2D eigenvalue weighted by atomic mass is 16.3. The first-order valence-corrected chi connectivity index (χ1v) is 11.4. The standard InChI is InChI=1S/C28H30NO/c1-17-7-9-20-21-10-8-18(2)25(27(21)30-24(20)13-17)26-23-15-28(11-5-6-12-28)14-22(23)19(3)16-29(26)4/h7-10,13,16H,5-6,11-12,14-15H2,1-4H3/q+1. The molecule has 1 fully saturated rings. The second-order valence-electron chi connectivity index (χ2n) is 10.0. The van der Waals surface area contributed by atoms with Gasteiger partial charge in [0.25, 0.3) is 0 Å². The molecule has 2 heteroatoms. The van der Waals surface area contributed by atoms with Crippen LogP contribution in [0, 0.1) is 26.2 Å². The number of furan rings is 1. The number of fused-ring (bicyclic) bond motifs is 4. The topological polar surface area (TPSA) is 17.0 Å². The van der Waals surface area contributed by atoms with Gasteiger partial charge in [-0.15, -0.1) is 0 Å². The summed E-state index contributed by atoms with van der Waals surface area (Å²) in [6.07, 6.45) is 10.4. The zero-order valence-electron chi connectivity index (χ0n) is 18.6. The van der Waals surface area contributed by atoms with Crippen LogP contribution in [-0.2, 0) is 19.9 Å². The summed E-state index contributed by atoms with van der Waals surface area (Å²) in [5, 5.41) is 2.45. The first-order valence-electron chi connectivity index (χ1n) is 11.4. The number of hydrogen-bond acceptors (Lipinski definition) is 1. The summed E-state index contributed by atoms with van der Waals surface area (Å²) in [6.45, 7) is 6.67. The monoisotopic (exact) mass is 396 g/mol. The summed E-state index contributed by atoms with van der Waals surface area (Å²) in [7, 11) is 2.22. The van der Waals surface area contributed by atoms with Crippen molar-refractivity contribution in [3.05, 3.63) is 64.3 Å². The molecule has 152 valence electrons. The Hall–Kier alpha value is -2.61. The van der Waals surface area contributed by atoms with Gasteiger partial charge in [0.2, 0.25) is 5.69 Å². The summed E-state index contributed by atoms with van der Waals surface area (Å²) in [6, 6.07) is 11.1. The predicted molar refractivity (Wildman–Crippen MR) is 123 cm³/mol. The molecule has 1 saturated carbocycles. The zero-order chi connectivity index (χ0) is 20.6. The van der Waals surface area contributed by atoms with Gasteiger partial charge in [-0.25, -0.2) is 4.57 Å². The third-order valence-corrected chi connectivity index (χ3v) is 7.88. The molecule has 2 aliphatic rings. The van der Waals surface area contributed by atoms with E-state index in [-0.39, 0.29) is 0 Å². The van der Waals surface area contributed by atoms with Crippen molar-refractivity contribution in [2.75, 3.05) is 0 Å². The Balaban J connectivity index is 1.67. The molecule has 2 aromatic heterocycles. The van der Waals surface area contributed by atoms with E-state index in [0.717, 1.165) is 11.2 Å². The fourth-order valence-electron chi connectivity index (χ4n) is 6.42. The van der Waals surface area contributed by atoms with E-state index in [1.165, 1.54) is 77.2 Å². The van der Waals surface area contributed by atoms with Crippen molar-refractivity contribution in [3.8, 4) is 11.3 Å². The third kappa shape index (κ3) is 2.46. The van der Waals surface area contributed by atoms with Gasteiger partial charge >= 0.3 is 0 Å². The lowest BCUT2D eigenvalue weighted by atomic mass is 9.83. The zero-order valence-corrected chi connectivity index (χ0v) is 18.6. The van der Waals surface area contributed by atoms with Crippen LogP contribution >= 0.6 is 0 Å². The first kappa shape index (κ1) is 18.2. The van der Waals surface area contributed by atoms with Crippen LogP contribution in [0.1, 0.15) is 53.5 Å². The Bertz CT molecular complexity index is 1330. The van der Waals surface area contributed by atoms with Crippen LogP contribution in [0.3, 0.4) is 0 Å². The Morgan fingerprint density at radius 1 is 0.867 bits per heavy atom. The number of aryl methyl sites for hydroxylation is 4. The molecular weight excluding hydrogens is 366 g/mol. The minimum absolute atomic E-state index is 0.503. The van der Waals surface area contributed by atoms with Crippen LogP contribution in [0.2, 0.25) is 0 Å². The Labute approximate surface area is 178 Å². The first-order chi connectivity index (χ1) is 14.5. The van der Waals surface area contributed by atoms with Crippen LogP contribution in [0.25, 0.3) is 33.2 Å². The summed E-state index contributed by atoms with van der Waals surface area (Å²) >= 11 is 0. The molecule has 2 nitrogen and oxygen atoms in total. The van der Waals surface area contributed by atoms with Crippen molar-refractivity contribution >= 4 is 21.9 Å². The largest absolute Gasteiger partial charge is 0.455 e. The van der Waals surface area contributed by atoms with Gasteiger partial charge in [-0.1, -0.05) is 37.1 Å². The van der Waals surface area contributed by atoms with Gasteiger partial charge in [0.15, 0.2) is 6.20 Å². The molecule has 0 aliphatic heterocycles. The molecule has 2 heterocycles.